The topological polar surface area (TPSA) is 102 Å². The van der Waals surface area contributed by atoms with Crippen LogP contribution in [0.25, 0.3) is 22.3 Å². The maximum absolute atomic E-state index is 13.1. The van der Waals surface area contributed by atoms with Crippen LogP contribution in [-0.4, -0.2) is 26.6 Å². The van der Waals surface area contributed by atoms with Crippen LogP contribution in [0.2, 0.25) is 5.02 Å². The third kappa shape index (κ3) is 4.26. The van der Waals surface area contributed by atoms with E-state index in [1.54, 1.807) is 53.5 Å². The molecule has 2 aromatic carbocycles. The summed E-state index contributed by atoms with van der Waals surface area (Å²) in [5.41, 5.74) is 7.40. The highest BCUT2D eigenvalue weighted by molar-refractivity contribution is 6.33. The lowest BCUT2D eigenvalue weighted by molar-refractivity contribution is 0.0847. The molecule has 34 heavy (non-hydrogen) atoms. The molecular weight excluding hydrogens is 454 g/mol. The van der Waals surface area contributed by atoms with Gasteiger partial charge in [0.2, 0.25) is 0 Å². The van der Waals surface area contributed by atoms with E-state index in [9.17, 15) is 9.59 Å². The number of rotatable bonds is 5. The molecule has 0 aliphatic rings. The smallest absolute Gasteiger partial charge is 0.271 e. The number of fused-ring (bicyclic) bond motifs is 1. The molecule has 0 radical (unpaired) electrons. The lowest BCUT2D eigenvalue weighted by Crippen LogP contribution is -2.41. The van der Waals surface area contributed by atoms with Crippen LogP contribution in [0.5, 0.6) is 0 Å². The van der Waals surface area contributed by atoms with E-state index in [0.29, 0.717) is 34.6 Å². The molecule has 0 saturated carbocycles. The molecule has 5 rings (SSSR count). The molecule has 3 heterocycles. The Kier molecular flexibility index (Phi) is 5.80. The summed E-state index contributed by atoms with van der Waals surface area (Å²) in [4.78, 5) is 30.4. The molecule has 0 unspecified atom stereocenters. The Labute approximate surface area is 199 Å². The minimum absolute atomic E-state index is 0.251. The molecule has 0 atom stereocenters. The second kappa shape index (κ2) is 9.21. The minimum Gasteiger partial charge on any atom is -0.467 e. The van der Waals surface area contributed by atoms with Crippen molar-refractivity contribution < 1.29 is 14.0 Å². The predicted molar refractivity (Wildman–Crippen MR) is 127 cm³/mol. The van der Waals surface area contributed by atoms with Crippen molar-refractivity contribution in [3.05, 3.63) is 107 Å². The molecule has 0 saturated heterocycles. The number of amides is 2. The van der Waals surface area contributed by atoms with Crippen molar-refractivity contribution in [2.45, 2.75) is 6.54 Å². The number of nitrogens with zero attached hydrogens (tertiary/aromatic N) is 3. The molecule has 0 aliphatic heterocycles. The van der Waals surface area contributed by atoms with Crippen molar-refractivity contribution in [1.29, 1.82) is 0 Å². The van der Waals surface area contributed by atoms with Gasteiger partial charge in [0.25, 0.3) is 11.8 Å². The highest BCUT2D eigenvalue weighted by atomic mass is 35.5. The molecular formula is C25H18ClN5O3. The first-order valence-electron chi connectivity index (χ1n) is 10.4. The first-order valence-corrected chi connectivity index (χ1v) is 10.8. The summed E-state index contributed by atoms with van der Waals surface area (Å²) in [6.45, 7) is 0.353. The van der Waals surface area contributed by atoms with Crippen molar-refractivity contribution in [2.24, 2.45) is 0 Å². The highest BCUT2D eigenvalue weighted by Gasteiger charge is 2.19. The quantitative estimate of drug-likeness (QED) is 0.368. The zero-order chi connectivity index (χ0) is 23.5. The first kappa shape index (κ1) is 21.4. The maximum Gasteiger partial charge on any atom is 0.271 e. The van der Waals surface area contributed by atoms with Crippen LogP contribution >= 0.6 is 11.6 Å². The molecule has 2 N–H and O–H groups in total. The molecule has 0 bridgehead atoms. The van der Waals surface area contributed by atoms with E-state index in [1.807, 2.05) is 36.4 Å². The van der Waals surface area contributed by atoms with Crippen LogP contribution in [0.3, 0.4) is 0 Å². The van der Waals surface area contributed by atoms with Crippen LogP contribution in [-0.2, 0) is 6.54 Å². The number of carbonyl (C=O) groups is 2. The van der Waals surface area contributed by atoms with E-state index in [4.69, 9.17) is 21.0 Å². The summed E-state index contributed by atoms with van der Waals surface area (Å²) >= 11 is 6.08. The average molecular weight is 472 g/mol. The zero-order valence-corrected chi connectivity index (χ0v) is 18.5. The predicted octanol–water partition coefficient (Wildman–Crippen LogP) is 4.47. The number of halogens is 1. The Morgan fingerprint density at radius 2 is 1.65 bits per heavy atom. The fourth-order valence-electron chi connectivity index (χ4n) is 3.55. The minimum atomic E-state index is -0.527. The molecule has 9 heteroatoms. The number of hydrazine groups is 1. The number of pyridine rings is 1. The molecule has 0 aliphatic carbocycles. The monoisotopic (exact) mass is 471 g/mol. The van der Waals surface area contributed by atoms with Gasteiger partial charge in [0.15, 0.2) is 5.65 Å². The number of benzene rings is 2. The largest absolute Gasteiger partial charge is 0.467 e. The van der Waals surface area contributed by atoms with Crippen LogP contribution in [0.4, 0.5) is 0 Å². The number of carbonyl (C=O) groups excluding carboxylic acids is 2. The Morgan fingerprint density at radius 3 is 2.38 bits per heavy atom. The molecule has 5 aromatic rings. The van der Waals surface area contributed by atoms with E-state index < -0.39 is 11.8 Å². The number of aromatic nitrogens is 3. The van der Waals surface area contributed by atoms with Crippen molar-refractivity contribution in [1.82, 2.24) is 25.6 Å². The summed E-state index contributed by atoms with van der Waals surface area (Å²) < 4.78 is 7.11. The van der Waals surface area contributed by atoms with Crippen molar-refractivity contribution in [2.75, 3.05) is 0 Å². The molecule has 3 aromatic heterocycles. The van der Waals surface area contributed by atoms with Gasteiger partial charge >= 0.3 is 0 Å². The van der Waals surface area contributed by atoms with Crippen molar-refractivity contribution in [3.63, 3.8) is 0 Å². The summed E-state index contributed by atoms with van der Waals surface area (Å²) in [7, 11) is 0. The fourth-order valence-corrected chi connectivity index (χ4v) is 3.77. The van der Waals surface area contributed by atoms with Gasteiger partial charge in [0.05, 0.1) is 39.7 Å². The van der Waals surface area contributed by atoms with Crippen LogP contribution in [0.1, 0.15) is 26.5 Å². The lowest BCUT2D eigenvalue weighted by atomic mass is 10.1. The standard InChI is InChI=1S/C25H18ClN5O3/c26-21-11-5-4-10-18(21)24(32)29-30-25(33)19-13-22(16-7-2-1-3-8-16)28-23-20(19)14-27-31(23)15-17-9-6-12-34-17/h1-14H,15H2,(H,29,32)(H,30,33). The number of nitrogens with one attached hydrogen (secondary N) is 2. The first-order chi connectivity index (χ1) is 16.6. The Bertz CT molecular complexity index is 1480. The number of hydrogen-bond acceptors (Lipinski definition) is 5. The van der Waals surface area contributed by atoms with Gasteiger partial charge in [-0.1, -0.05) is 54.1 Å². The molecule has 8 nitrogen and oxygen atoms in total. The van der Waals surface area contributed by atoms with E-state index in [1.165, 1.54) is 0 Å². The lowest BCUT2D eigenvalue weighted by Gasteiger charge is -2.11. The van der Waals surface area contributed by atoms with Gasteiger partial charge in [-0.2, -0.15) is 5.10 Å². The number of hydrogen-bond donors (Lipinski definition) is 2. The Balaban J connectivity index is 1.50. The summed E-state index contributed by atoms with van der Waals surface area (Å²) in [5.74, 6) is -0.335. The molecule has 2 amide bonds. The third-order valence-corrected chi connectivity index (χ3v) is 5.55. The summed E-state index contributed by atoms with van der Waals surface area (Å²) in [6, 6.07) is 21.4. The summed E-state index contributed by atoms with van der Waals surface area (Å²) in [5, 5.41) is 5.23. The second-order valence-electron chi connectivity index (χ2n) is 7.43. The fraction of sp³-hybridized carbons (Fsp3) is 0.0400. The summed E-state index contributed by atoms with van der Waals surface area (Å²) in [6.07, 6.45) is 3.16. The van der Waals surface area contributed by atoms with Gasteiger partial charge in [-0.05, 0) is 30.3 Å². The second-order valence-corrected chi connectivity index (χ2v) is 7.84. The van der Waals surface area contributed by atoms with Crippen LogP contribution in [0.15, 0.2) is 89.7 Å². The van der Waals surface area contributed by atoms with Gasteiger partial charge in [0, 0.05) is 5.56 Å². The van der Waals surface area contributed by atoms with Gasteiger partial charge in [-0.3, -0.25) is 20.4 Å². The normalized spacial score (nSPS) is 10.9. The molecule has 168 valence electrons. The van der Waals surface area contributed by atoms with E-state index in [-0.39, 0.29) is 10.6 Å². The van der Waals surface area contributed by atoms with Gasteiger partial charge in [0.1, 0.15) is 12.3 Å². The van der Waals surface area contributed by atoms with Gasteiger partial charge < -0.3 is 4.42 Å². The van der Waals surface area contributed by atoms with Crippen molar-refractivity contribution in [3.8, 4) is 11.3 Å². The van der Waals surface area contributed by atoms with E-state index in [0.717, 1.165) is 5.56 Å². The van der Waals surface area contributed by atoms with E-state index in [2.05, 4.69) is 16.0 Å². The number of furan rings is 1. The third-order valence-electron chi connectivity index (χ3n) is 5.22. The maximum atomic E-state index is 13.1. The Morgan fingerprint density at radius 1 is 0.912 bits per heavy atom. The highest BCUT2D eigenvalue weighted by Crippen LogP contribution is 2.25. The van der Waals surface area contributed by atoms with Gasteiger partial charge in [-0.15, -0.1) is 0 Å². The SMILES string of the molecule is O=C(NNC(=O)c1cc(-c2ccccc2)nc2c1cnn2Cc1ccco1)c1ccccc1Cl. The van der Waals surface area contributed by atoms with E-state index >= 15 is 0 Å². The zero-order valence-electron chi connectivity index (χ0n) is 17.7. The van der Waals surface area contributed by atoms with Crippen molar-refractivity contribution >= 4 is 34.4 Å². The van der Waals surface area contributed by atoms with Gasteiger partial charge in [-0.25, -0.2) is 9.67 Å². The average Bonchev–Trinajstić information content (AvgIpc) is 3.53. The molecule has 0 fully saturated rings. The Hall–Kier alpha value is -4.43. The van der Waals surface area contributed by atoms with Crippen LogP contribution in [0, 0.1) is 0 Å². The molecule has 0 spiro atoms. The van der Waals surface area contributed by atoms with Crippen LogP contribution < -0.4 is 10.9 Å².